The van der Waals surface area contributed by atoms with Gasteiger partial charge in [-0.15, -0.1) is 0 Å². The third-order valence-electron chi connectivity index (χ3n) is 3.33. The SMILES string of the molecule is CN(C)C(=O)c1ccc(NC(=S)NC(=O)/C=C/c2ccc(Cl)cc2)cc1. The molecule has 5 nitrogen and oxygen atoms in total. The van der Waals surface area contributed by atoms with Crippen molar-refractivity contribution in [3.8, 4) is 0 Å². The molecule has 0 saturated carbocycles. The van der Waals surface area contributed by atoms with Gasteiger partial charge in [0.1, 0.15) is 0 Å². The van der Waals surface area contributed by atoms with Crippen LogP contribution in [0.2, 0.25) is 5.02 Å². The number of hydrogen-bond acceptors (Lipinski definition) is 3. The Balaban J connectivity index is 1.88. The summed E-state index contributed by atoms with van der Waals surface area (Å²) in [6.45, 7) is 0. The zero-order chi connectivity index (χ0) is 19.1. The van der Waals surface area contributed by atoms with E-state index in [1.807, 2.05) is 0 Å². The monoisotopic (exact) mass is 387 g/mol. The van der Waals surface area contributed by atoms with Gasteiger partial charge >= 0.3 is 0 Å². The summed E-state index contributed by atoms with van der Waals surface area (Å²) in [7, 11) is 3.38. The van der Waals surface area contributed by atoms with Gasteiger partial charge in [0.15, 0.2) is 5.11 Å². The molecule has 0 aliphatic carbocycles. The molecule has 2 aromatic carbocycles. The summed E-state index contributed by atoms with van der Waals surface area (Å²) < 4.78 is 0. The van der Waals surface area contributed by atoms with E-state index in [-0.39, 0.29) is 16.9 Å². The van der Waals surface area contributed by atoms with Crippen molar-refractivity contribution in [1.82, 2.24) is 10.2 Å². The van der Waals surface area contributed by atoms with E-state index in [0.717, 1.165) is 5.56 Å². The molecular formula is C19H18ClN3O2S. The first-order valence-electron chi connectivity index (χ1n) is 7.72. The van der Waals surface area contributed by atoms with Crippen molar-refractivity contribution in [2.45, 2.75) is 0 Å². The molecule has 0 radical (unpaired) electrons. The third-order valence-corrected chi connectivity index (χ3v) is 3.79. The van der Waals surface area contributed by atoms with Crippen LogP contribution in [0.25, 0.3) is 6.08 Å². The van der Waals surface area contributed by atoms with Crippen LogP contribution in [0.3, 0.4) is 0 Å². The molecule has 0 fully saturated rings. The number of nitrogens with one attached hydrogen (secondary N) is 2. The second kappa shape index (κ2) is 9.12. The molecule has 2 N–H and O–H groups in total. The van der Waals surface area contributed by atoms with Crippen molar-refractivity contribution in [3.63, 3.8) is 0 Å². The van der Waals surface area contributed by atoms with E-state index in [2.05, 4.69) is 10.6 Å². The minimum absolute atomic E-state index is 0.0836. The molecule has 2 amide bonds. The first kappa shape index (κ1) is 19.6. The van der Waals surface area contributed by atoms with E-state index in [1.54, 1.807) is 68.7 Å². The molecule has 2 rings (SSSR count). The molecule has 7 heteroatoms. The van der Waals surface area contributed by atoms with Gasteiger partial charge in [-0.05, 0) is 60.3 Å². The zero-order valence-corrected chi connectivity index (χ0v) is 15.9. The van der Waals surface area contributed by atoms with Crippen molar-refractivity contribution in [3.05, 3.63) is 70.8 Å². The number of amides is 2. The lowest BCUT2D eigenvalue weighted by atomic mass is 10.2. The summed E-state index contributed by atoms with van der Waals surface area (Å²) in [4.78, 5) is 25.2. The Bertz CT molecular complexity index is 831. The molecule has 26 heavy (non-hydrogen) atoms. The number of anilines is 1. The molecule has 0 atom stereocenters. The number of benzene rings is 2. The molecule has 0 spiro atoms. The van der Waals surface area contributed by atoms with Gasteiger partial charge in [0, 0.05) is 36.4 Å². The Hall–Kier alpha value is -2.70. The largest absolute Gasteiger partial charge is 0.345 e. The molecule has 0 saturated heterocycles. The van der Waals surface area contributed by atoms with Gasteiger partial charge in [0.05, 0.1) is 0 Å². The quantitative estimate of drug-likeness (QED) is 0.622. The highest BCUT2D eigenvalue weighted by Crippen LogP contribution is 2.11. The fourth-order valence-corrected chi connectivity index (χ4v) is 2.36. The predicted molar refractivity (Wildman–Crippen MR) is 109 cm³/mol. The van der Waals surface area contributed by atoms with Crippen molar-refractivity contribution in [1.29, 1.82) is 0 Å². The summed E-state index contributed by atoms with van der Waals surface area (Å²) >= 11 is 10.9. The summed E-state index contributed by atoms with van der Waals surface area (Å²) in [5.41, 5.74) is 2.10. The molecule has 0 bridgehead atoms. The van der Waals surface area contributed by atoms with E-state index in [0.29, 0.717) is 16.3 Å². The summed E-state index contributed by atoms with van der Waals surface area (Å²) in [5.74, 6) is -0.434. The fourth-order valence-electron chi connectivity index (χ4n) is 2.02. The van der Waals surface area contributed by atoms with Crippen LogP contribution in [0.1, 0.15) is 15.9 Å². The summed E-state index contributed by atoms with van der Waals surface area (Å²) in [5, 5.41) is 6.26. The molecule has 0 aliphatic rings. The van der Waals surface area contributed by atoms with Crippen LogP contribution < -0.4 is 10.6 Å². The summed E-state index contributed by atoms with van der Waals surface area (Å²) in [6, 6.07) is 13.9. The average Bonchev–Trinajstić information content (AvgIpc) is 2.61. The minimum atomic E-state index is -0.350. The van der Waals surface area contributed by atoms with Crippen LogP contribution in [0.5, 0.6) is 0 Å². The fraction of sp³-hybridized carbons (Fsp3) is 0.105. The van der Waals surface area contributed by atoms with E-state index in [4.69, 9.17) is 23.8 Å². The standard InChI is InChI=1S/C19H18ClN3O2S/c1-23(2)18(25)14-6-10-16(11-7-14)21-19(26)22-17(24)12-5-13-3-8-15(20)9-4-13/h3-12H,1-2H3,(H2,21,22,24,26)/b12-5+. The van der Waals surface area contributed by atoms with Crippen LogP contribution in [-0.2, 0) is 4.79 Å². The normalized spacial score (nSPS) is 10.4. The lowest BCUT2D eigenvalue weighted by Gasteiger charge is -2.11. The third kappa shape index (κ3) is 5.98. The molecule has 0 heterocycles. The number of carbonyl (C=O) groups is 2. The number of rotatable bonds is 4. The average molecular weight is 388 g/mol. The molecule has 2 aromatic rings. The number of halogens is 1. The van der Waals surface area contributed by atoms with Crippen molar-refractivity contribution in [2.75, 3.05) is 19.4 Å². The van der Waals surface area contributed by atoms with Gasteiger partial charge in [0.2, 0.25) is 5.91 Å². The maximum atomic E-state index is 11.9. The highest BCUT2D eigenvalue weighted by Gasteiger charge is 2.08. The van der Waals surface area contributed by atoms with Gasteiger partial charge in [-0.3, -0.25) is 14.9 Å². The van der Waals surface area contributed by atoms with E-state index < -0.39 is 0 Å². The Morgan fingerprint density at radius 1 is 1.04 bits per heavy atom. The molecule has 0 aromatic heterocycles. The molecule has 0 unspecified atom stereocenters. The van der Waals surface area contributed by atoms with Gasteiger partial charge in [0.25, 0.3) is 5.91 Å². The highest BCUT2D eigenvalue weighted by molar-refractivity contribution is 7.80. The first-order chi connectivity index (χ1) is 12.3. The first-order valence-corrected chi connectivity index (χ1v) is 8.51. The van der Waals surface area contributed by atoms with Crippen LogP contribution in [0.4, 0.5) is 5.69 Å². The van der Waals surface area contributed by atoms with Gasteiger partial charge in [-0.25, -0.2) is 0 Å². The second-order valence-corrected chi connectivity index (χ2v) is 6.45. The zero-order valence-electron chi connectivity index (χ0n) is 14.3. The predicted octanol–water partition coefficient (Wildman–Crippen LogP) is 3.57. The lowest BCUT2D eigenvalue weighted by Crippen LogP contribution is -2.32. The van der Waals surface area contributed by atoms with Crippen molar-refractivity contribution in [2.24, 2.45) is 0 Å². The number of carbonyl (C=O) groups excluding carboxylic acids is 2. The highest BCUT2D eigenvalue weighted by atomic mass is 35.5. The minimum Gasteiger partial charge on any atom is -0.345 e. The van der Waals surface area contributed by atoms with E-state index in [1.165, 1.54) is 11.0 Å². The van der Waals surface area contributed by atoms with Crippen molar-refractivity contribution < 1.29 is 9.59 Å². The Kier molecular flexibility index (Phi) is 6.89. The maximum absolute atomic E-state index is 11.9. The van der Waals surface area contributed by atoms with Crippen LogP contribution in [0, 0.1) is 0 Å². The molecule has 0 aliphatic heterocycles. The molecular weight excluding hydrogens is 370 g/mol. The van der Waals surface area contributed by atoms with Gasteiger partial charge in [-0.1, -0.05) is 23.7 Å². The van der Waals surface area contributed by atoms with Crippen molar-refractivity contribution >= 4 is 52.5 Å². The Morgan fingerprint density at radius 3 is 2.23 bits per heavy atom. The summed E-state index contributed by atoms with van der Waals surface area (Å²) in [6.07, 6.45) is 3.05. The topological polar surface area (TPSA) is 61.4 Å². The number of thiocarbonyl (C=S) groups is 1. The number of nitrogens with zero attached hydrogens (tertiary/aromatic N) is 1. The number of hydrogen-bond donors (Lipinski definition) is 2. The lowest BCUT2D eigenvalue weighted by molar-refractivity contribution is -0.115. The van der Waals surface area contributed by atoms with Crippen LogP contribution in [0.15, 0.2) is 54.6 Å². The van der Waals surface area contributed by atoms with E-state index >= 15 is 0 Å². The van der Waals surface area contributed by atoms with Gasteiger partial charge < -0.3 is 10.2 Å². The Morgan fingerprint density at radius 2 is 1.65 bits per heavy atom. The maximum Gasteiger partial charge on any atom is 0.253 e. The van der Waals surface area contributed by atoms with E-state index in [9.17, 15) is 9.59 Å². The second-order valence-electron chi connectivity index (χ2n) is 5.61. The van der Waals surface area contributed by atoms with Crippen LogP contribution in [-0.4, -0.2) is 35.9 Å². The van der Waals surface area contributed by atoms with Crippen LogP contribution >= 0.6 is 23.8 Å². The smallest absolute Gasteiger partial charge is 0.253 e. The van der Waals surface area contributed by atoms with Gasteiger partial charge in [-0.2, -0.15) is 0 Å². The Labute approximate surface area is 162 Å². The molecule has 134 valence electrons.